The van der Waals surface area contributed by atoms with Gasteiger partial charge in [-0.05, 0) is 17.7 Å². The highest BCUT2D eigenvalue weighted by atomic mass is 16.6. The molecule has 0 saturated heterocycles. The Morgan fingerprint density at radius 2 is 1.74 bits per heavy atom. The number of hydrogen-bond donors (Lipinski definition) is 2. The molecule has 2 amide bonds. The molecule has 0 atom stereocenters. The van der Waals surface area contributed by atoms with Gasteiger partial charge in [-0.15, -0.1) is 0 Å². The Morgan fingerprint density at radius 3 is 2.43 bits per heavy atom. The normalized spacial score (nSPS) is 10.3. The molecule has 0 aliphatic carbocycles. The van der Waals surface area contributed by atoms with Crippen LogP contribution in [0, 0.1) is 10.1 Å². The number of nitro benzene ring substituents is 1. The quantitative estimate of drug-likeness (QED) is 0.512. The van der Waals surface area contributed by atoms with E-state index in [1.807, 2.05) is 30.3 Å². The molecule has 0 fully saturated rings. The lowest BCUT2D eigenvalue weighted by atomic mass is 10.2. The number of rotatable bonds is 4. The van der Waals surface area contributed by atoms with Crippen LogP contribution < -0.4 is 10.9 Å². The molecule has 0 unspecified atom stereocenters. The molecular formula is C16H13N3O4. The van der Waals surface area contributed by atoms with Crippen molar-refractivity contribution in [1.82, 2.24) is 10.9 Å². The summed E-state index contributed by atoms with van der Waals surface area (Å²) in [6, 6.07) is 14.4. The van der Waals surface area contributed by atoms with E-state index in [9.17, 15) is 19.7 Å². The molecule has 2 aromatic carbocycles. The van der Waals surface area contributed by atoms with Gasteiger partial charge in [-0.3, -0.25) is 30.6 Å². The van der Waals surface area contributed by atoms with E-state index in [0.29, 0.717) is 0 Å². The molecule has 0 aromatic heterocycles. The zero-order valence-corrected chi connectivity index (χ0v) is 11.9. The van der Waals surface area contributed by atoms with Crippen molar-refractivity contribution in [3.05, 3.63) is 81.9 Å². The molecule has 7 heteroatoms. The van der Waals surface area contributed by atoms with Crippen molar-refractivity contribution in [2.24, 2.45) is 0 Å². The Bertz CT molecular complexity index is 757. The summed E-state index contributed by atoms with van der Waals surface area (Å²) in [6.07, 6.45) is 2.86. The average molecular weight is 311 g/mol. The Kier molecular flexibility index (Phi) is 5.19. The van der Waals surface area contributed by atoms with E-state index in [0.717, 1.165) is 11.6 Å². The van der Waals surface area contributed by atoms with Crippen LogP contribution in [0.4, 0.5) is 5.69 Å². The second kappa shape index (κ2) is 7.51. The van der Waals surface area contributed by atoms with E-state index in [4.69, 9.17) is 0 Å². The predicted molar refractivity (Wildman–Crippen MR) is 84.2 cm³/mol. The van der Waals surface area contributed by atoms with Gasteiger partial charge in [-0.25, -0.2) is 0 Å². The molecule has 0 saturated carbocycles. The number of benzene rings is 2. The van der Waals surface area contributed by atoms with E-state index < -0.39 is 16.7 Å². The van der Waals surface area contributed by atoms with Crippen molar-refractivity contribution in [1.29, 1.82) is 0 Å². The number of amides is 2. The highest BCUT2D eigenvalue weighted by molar-refractivity contribution is 5.98. The Labute approximate surface area is 131 Å². The summed E-state index contributed by atoms with van der Waals surface area (Å²) < 4.78 is 0. The minimum Gasteiger partial charge on any atom is -0.268 e. The molecule has 23 heavy (non-hydrogen) atoms. The molecule has 7 nitrogen and oxygen atoms in total. The number of nitrogens with zero attached hydrogens (tertiary/aromatic N) is 1. The smallest absolute Gasteiger partial charge is 0.268 e. The average Bonchev–Trinajstić information content (AvgIpc) is 2.58. The summed E-state index contributed by atoms with van der Waals surface area (Å²) in [5.41, 5.74) is 5.11. The summed E-state index contributed by atoms with van der Waals surface area (Å²) >= 11 is 0. The molecule has 2 N–H and O–H groups in total. The van der Waals surface area contributed by atoms with Crippen LogP contribution in [0.15, 0.2) is 60.7 Å². The number of carbonyl (C=O) groups excluding carboxylic acids is 2. The molecule has 116 valence electrons. The molecular weight excluding hydrogens is 298 g/mol. The number of hydrazine groups is 1. The summed E-state index contributed by atoms with van der Waals surface area (Å²) in [4.78, 5) is 33.5. The van der Waals surface area contributed by atoms with Crippen LogP contribution in [0.1, 0.15) is 15.9 Å². The van der Waals surface area contributed by atoms with Crippen LogP contribution in [0.3, 0.4) is 0 Å². The molecule has 2 aromatic rings. The lowest BCUT2D eigenvalue weighted by Gasteiger charge is -2.05. The van der Waals surface area contributed by atoms with Gasteiger partial charge in [0, 0.05) is 23.8 Å². The maximum absolute atomic E-state index is 11.8. The fourth-order valence-corrected chi connectivity index (χ4v) is 1.73. The minimum atomic E-state index is -0.643. The van der Waals surface area contributed by atoms with E-state index >= 15 is 0 Å². The van der Waals surface area contributed by atoms with E-state index in [-0.39, 0.29) is 11.3 Å². The highest BCUT2D eigenvalue weighted by Gasteiger charge is 2.11. The lowest BCUT2D eigenvalue weighted by molar-refractivity contribution is -0.384. The monoisotopic (exact) mass is 311 g/mol. The van der Waals surface area contributed by atoms with E-state index in [1.54, 1.807) is 6.08 Å². The number of hydrogen-bond acceptors (Lipinski definition) is 4. The van der Waals surface area contributed by atoms with E-state index in [2.05, 4.69) is 10.9 Å². The number of nitro groups is 1. The third kappa shape index (κ3) is 4.78. The largest absolute Gasteiger partial charge is 0.270 e. The van der Waals surface area contributed by atoms with Gasteiger partial charge in [-0.2, -0.15) is 0 Å². The van der Waals surface area contributed by atoms with Crippen LogP contribution in [-0.2, 0) is 4.79 Å². The summed E-state index contributed by atoms with van der Waals surface area (Å²) in [6.45, 7) is 0. The fourth-order valence-electron chi connectivity index (χ4n) is 1.73. The summed E-state index contributed by atoms with van der Waals surface area (Å²) in [5.74, 6) is -1.16. The summed E-state index contributed by atoms with van der Waals surface area (Å²) in [7, 11) is 0. The first-order chi connectivity index (χ1) is 11.1. The van der Waals surface area contributed by atoms with Gasteiger partial charge >= 0.3 is 0 Å². The molecule has 0 bridgehead atoms. The molecule has 0 spiro atoms. The molecule has 0 heterocycles. The Balaban J connectivity index is 1.91. The Morgan fingerprint density at radius 1 is 1.00 bits per heavy atom. The fraction of sp³-hybridized carbons (Fsp3) is 0. The van der Waals surface area contributed by atoms with Crippen molar-refractivity contribution in [3.63, 3.8) is 0 Å². The maximum atomic E-state index is 11.8. The van der Waals surface area contributed by atoms with Gasteiger partial charge in [0.2, 0.25) is 0 Å². The molecule has 0 aliphatic rings. The number of nitrogens with one attached hydrogen (secondary N) is 2. The first-order valence-electron chi connectivity index (χ1n) is 6.64. The van der Waals surface area contributed by atoms with Gasteiger partial charge in [0.25, 0.3) is 17.5 Å². The Hall–Kier alpha value is -3.48. The van der Waals surface area contributed by atoms with Gasteiger partial charge in [0.15, 0.2) is 0 Å². The maximum Gasteiger partial charge on any atom is 0.270 e. The topological polar surface area (TPSA) is 101 Å². The minimum absolute atomic E-state index is 0.0755. The molecule has 0 radical (unpaired) electrons. The first kappa shape index (κ1) is 15.9. The van der Waals surface area contributed by atoms with Crippen molar-refractivity contribution in [2.75, 3.05) is 0 Å². The molecule has 2 rings (SSSR count). The van der Waals surface area contributed by atoms with Gasteiger partial charge in [0.05, 0.1) is 4.92 Å². The number of carbonyl (C=O) groups is 2. The lowest BCUT2D eigenvalue weighted by Crippen LogP contribution is -2.40. The number of non-ortho nitro benzene ring substituents is 1. The van der Waals surface area contributed by atoms with E-state index in [1.165, 1.54) is 24.3 Å². The predicted octanol–water partition coefficient (Wildman–Crippen LogP) is 2.07. The highest BCUT2D eigenvalue weighted by Crippen LogP contribution is 2.12. The zero-order valence-electron chi connectivity index (χ0n) is 11.9. The standard InChI is InChI=1S/C16H13N3O4/c20-15(10-9-12-5-2-1-3-6-12)17-18-16(21)13-7-4-8-14(11-13)19(22)23/h1-11H,(H,17,20)(H,18,21)/b10-9+. The zero-order chi connectivity index (χ0) is 16.7. The third-order valence-corrected chi connectivity index (χ3v) is 2.85. The second-order valence-electron chi connectivity index (χ2n) is 4.49. The van der Waals surface area contributed by atoms with Gasteiger partial charge in [-0.1, -0.05) is 36.4 Å². The van der Waals surface area contributed by atoms with Crippen LogP contribution in [0.2, 0.25) is 0 Å². The second-order valence-corrected chi connectivity index (χ2v) is 4.49. The van der Waals surface area contributed by atoms with Crippen LogP contribution in [0.5, 0.6) is 0 Å². The van der Waals surface area contributed by atoms with Gasteiger partial charge in [0.1, 0.15) is 0 Å². The molecule has 0 aliphatic heterocycles. The van der Waals surface area contributed by atoms with Gasteiger partial charge < -0.3 is 0 Å². The summed E-state index contributed by atoms with van der Waals surface area (Å²) in [5, 5.41) is 10.7. The van der Waals surface area contributed by atoms with Crippen molar-refractivity contribution < 1.29 is 14.5 Å². The van der Waals surface area contributed by atoms with Crippen molar-refractivity contribution in [3.8, 4) is 0 Å². The third-order valence-electron chi connectivity index (χ3n) is 2.85. The van der Waals surface area contributed by atoms with Crippen LogP contribution in [-0.4, -0.2) is 16.7 Å². The van der Waals surface area contributed by atoms with Crippen LogP contribution in [0.25, 0.3) is 6.08 Å². The van der Waals surface area contributed by atoms with Crippen molar-refractivity contribution in [2.45, 2.75) is 0 Å². The SMILES string of the molecule is O=C(/C=C/c1ccccc1)NNC(=O)c1cccc([N+](=O)[O-])c1. The first-order valence-corrected chi connectivity index (χ1v) is 6.64. The van der Waals surface area contributed by atoms with Crippen LogP contribution >= 0.6 is 0 Å². The van der Waals surface area contributed by atoms with Crippen molar-refractivity contribution >= 4 is 23.6 Å².